The highest BCUT2D eigenvalue weighted by molar-refractivity contribution is 7.09. The van der Waals surface area contributed by atoms with Gasteiger partial charge in [0.05, 0.1) is 19.4 Å². The molecule has 1 aromatic heterocycles. The first-order valence-corrected chi connectivity index (χ1v) is 9.76. The topological polar surface area (TPSA) is 34.6 Å². The van der Waals surface area contributed by atoms with Crippen molar-refractivity contribution in [2.45, 2.75) is 38.7 Å². The summed E-state index contributed by atoms with van der Waals surface area (Å²) in [5, 5.41) is 3.29. The molecule has 0 N–H and O–H groups in total. The minimum Gasteiger partial charge on any atom is -0.497 e. The van der Waals surface area contributed by atoms with Gasteiger partial charge >= 0.3 is 0 Å². The van der Waals surface area contributed by atoms with Gasteiger partial charge in [-0.25, -0.2) is 4.98 Å². The average Bonchev–Trinajstić information content (AvgIpc) is 3.11. The van der Waals surface area contributed by atoms with Gasteiger partial charge in [-0.05, 0) is 24.1 Å². The van der Waals surface area contributed by atoms with Gasteiger partial charge in [-0.3, -0.25) is 4.90 Å². The largest absolute Gasteiger partial charge is 0.497 e. The molecule has 136 valence electrons. The third kappa shape index (κ3) is 4.81. The molecule has 2 heterocycles. The zero-order valence-corrected chi connectivity index (χ0v) is 16.4. The second kappa shape index (κ2) is 7.85. The van der Waals surface area contributed by atoms with Crippen LogP contribution >= 0.6 is 11.3 Å². The summed E-state index contributed by atoms with van der Waals surface area (Å²) in [6.45, 7) is 10.3. The monoisotopic (exact) mass is 360 g/mol. The van der Waals surface area contributed by atoms with Crippen molar-refractivity contribution < 1.29 is 9.47 Å². The van der Waals surface area contributed by atoms with Crippen molar-refractivity contribution in [1.29, 1.82) is 0 Å². The Balaban J connectivity index is 1.56. The summed E-state index contributed by atoms with van der Waals surface area (Å²) < 4.78 is 11.2. The van der Waals surface area contributed by atoms with Crippen LogP contribution in [-0.4, -0.2) is 43.2 Å². The summed E-state index contributed by atoms with van der Waals surface area (Å²) in [7, 11) is 1.70. The lowest BCUT2D eigenvalue weighted by molar-refractivity contribution is -0.0297. The number of rotatable bonds is 5. The second-order valence-corrected chi connectivity index (χ2v) is 8.47. The van der Waals surface area contributed by atoms with Crippen molar-refractivity contribution in [3.63, 3.8) is 0 Å². The van der Waals surface area contributed by atoms with E-state index in [1.54, 1.807) is 18.4 Å². The van der Waals surface area contributed by atoms with Gasteiger partial charge in [0.2, 0.25) is 0 Å². The van der Waals surface area contributed by atoms with E-state index in [1.807, 2.05) is 12.1 Å². The molecule has 1 aliphatic rings. The Morgan fingerprint density at radius 2 is 2.04 bits per heavy atom. The molecular weight excluding hydrogens is 332 g/mol. The van der Waals surface area contributed by atoms with E-state index in [1.165, 1.54) is 5.56 Å². The summed E-state index contributed by atoms with van der Waals surface area (Å²) in [4.78, 5) is 7.31. The van der Waals surface area contributed by atoms with Crippen molar-refractivity contribution in [3.8, 4) is 5.75 Å². The molecule has 0 bridgehead atoms. The average molecular weight is 361 g/mol. The number of benzene rings is 1. The lowest BCUT2D eigenvalue weighted by Gasteiger charge is -2.32. The Labute approximate surface area is 154 Å². The maximum atomic E-state index is 5.99. The highest BCUT2D eigenvalue weighted by Gasteiger charge is 2.26. The quantitative estimate of drug-likeness (QED) is 0.805. The maximum Gasteiger partial charge on any atom is 0.123 e. The molecule has 2 aromatic rings. The molecule has 1 aromatic carbocycles. The molecule has 0 aliphatic carbocycles. The Morgan fingerprint density at radius 1 is 1.28 bits per heavy atom. The predicted molar refractivity (Wildman–Crippen MR) is 103 cm³/mol. The van der Waals surface area contributed by atoms with Gasteiger partial charge in [0, 0.05) is 30.4 Å². The molecule has 0 amide bonds. The summed E-state index contributed by atoms with van der Waals surface area (Å²) in [6.07, 6.45) is 1.15. The molecule has 0 radical (unpaired) electrons. The highest BCUT2D eigenvalue weighted by atomic mass is 32.1. The van der Waals surface area contributed by atoms with E-state index in [0.717, 1.165) is 49.1 Å². The van der Waals surface area contributed by atoms with Gasteiger partial charge in [0.1, 0.15) is 16.9 Å². The van der Waals surface area contributed by atoms with Crippen molar-refractivity contribution in [1.82, 2.24) is 9.88 Å². The molecule has 1 fully saturated rings. The fourth-order valence-corrected chi connectivity index (χ4v) is 4.00. The van der Waals surface area contributed by atoms with Crippen molar-refractivity contribution in [3.05, 3.63) is 45.9 Å². The van der Waals surface area contributed by atoms with Crippen LogP contribution in [0.3, 0.4) is 0 Å². The third-order valence-electron chi connectivity index (χ3n) is 4.59. The number of hydrogen-bond donors (Lipinski definition) is 0. The van der Waals surface area contributed by atoms with Gasteiger partial charge in [-0.1, -0.05) is 32.9 Å². The molecule has 0 spiro atoms. The van der Waals surface area contributed by atoms with Gasteiger partial charge in [-0.2, -0.15) is 0 Å². The van der Waals surface area contributed by atoms with Crippen LogP contribution in [0.1, 0.15) is 43.1 Å². The lowest BCUT2D eigenvalue weighted by Crippen LogP contribution is -2.39. The van der Waals surface area contributed by atoms with Gasteiger partial charge in [-0.15, -0.1) is 11.3 Å². The van der Waals surface area contributed by atoms with Crippen LogP contribution in [0.2, 0.25) is 0 Å². The van der Waals surface area contributed by atoms with E-state index >= 15 is 0 Å². The maximum absolute atomic E-state index is 5.99. The molecule has 5 heteroatoms. The van der Waals surface area contributed by atoms with Crippen LogP contribution in [0.4, 0.5) is 0 Å². The molecule has 0 saturated carbocycles. The van der Waals surface area contributed by atoms with E-state index in [2.05, 4.69) is 43.2 Å². The molecular formula is C20H28N2O2S. The summed E-state index contributed by atoms with van der Waals surface area (Å²) in [5.41, 5.74) is 2.59. The number of hydrogen-bond acceptors (Lipinski definition) is 5. The fourth-order valence-electron chi connectivity index (χ4n) is 2.91. The van der Waals surface area contributed by atoms with E-state index < -0.39 is 0 Å². The minimum absolute atomic E-state index is 0.0947. The first-order valence-electron chi connectivity index (χ1n) is 8.88. The highest BCUT2D eigenvalue weighted by Crippen LogP contribution is 2.30. The van der Waals surface area contributed by atoms with Crippen LogP contribution in [0.5, 0.6) is 5.75 Å². The molecule has 0 unspecified atom stereocenters. The molecule has 1 aliphatic heterocycles. The van der Waals surface area contributed by atoms with Crippen molar-refractivity contribution >= 4 is 11.3 Å². The van der Waals surface area contributed by atoms with E-state index in [4.69, 9.17) is 14.5 Å². The second-order valence-electron chi connectivity index (χ2n) is 7.58. The van der Waals surface area contributed by atoms with Crippen LogP contribution in [0.25, 0.3) is 0 Å². The first-order chi connectivity index (χ1) is 12.0. The molecule has 1 atom stereocenters. The minimum atomic E-state index is 0.0947. The SMILES string of the molecule is COc1ccc(CCN2CCO[C@@H](c3nc(C(C)(C)C)cs3)C2)cc1. The Kier molecular flexibility index (Phi) is 5.77. The standard InChI is InChI=1S/C20H28N2O2S/c1-20(2,3)18-14-25-19(21-18)17-13-22(11-12-24-17)10-9-15-5-7-16(23-4)8-6-15/h5-8,14,17H,9-13H2,1-4H3/t17-/m1/s1. The molecule has 25 heavy (non-hydrogen) atoms. The number of ether oxygens (including phenoxy) is 2. The van der Waals surface area contributed by atoms with Crippen LogP contribution in [0, 0.1) is 0 Å². The number of methoxy groups -OCH3 is 1. The summed E-state index contributed by atoms with van der Waals surface area (Å²) in [5.74, 6) is 0.911. The number of aromatic nitrogens is 1. The summed E-state index contributed by atoms with van der Waals surface area (Å²) in [6, 6.07) is 8.35. The van der Waals surface area contributed by atoms with Crippen molar-refractivity contribution in [2.75, 3.05) is 33.4 Å². The summed E-state index contributed by atoms with van der Waals surface area (Å²) >= 11 is 1.73. The van der Waals surface area contributed by atoms with Gasteiger partial charge in [0.25, 0.3) is 0 Å². The first kappa shape index (κ1) is 18.4. The lowest BCUT2D eigenvalue weighted by atomic mass is 9.93. The zero-order chi connectivity index (χ0) is 17.9. The third-order valence-corrected chi connectivity index (χ3v) is 5.53. The number of thiazole rings is 1. The Bertz CT molecular complexity index is 676. The van der Waals surface area contributed by atoms with Gasteiger partial charge in [0.15, 0.2) is 0 Å². The zero-order valence-electron chi connectivity index (χ0n) is 15.6. The smallest absolute Gasteiger partial charge is 0.123 e. The predicted octanol–water partition coefficient (Wildman–Crippen LogP) is 4.07. The Morgan fingerprint density at radius 3 is 2.68 bits per heavy atom. The van der Waals surface area contributed by atoms with Gasteiger partial charge < -0.3 is 9.47 Å². The van der Waals surface area contributed by atoms with Crippen LogP contribution in [-0.2, 0) is 16.6 Å². The van der Waals surface area contributed by atoms with E-state index in [0.29, 0.717) is 0 Å². The van der Waals surface area contributed by atoms with E-state index in [-0.39, 0.29) is 11.5 Å². The molecule has 4 nitrogen and oxygen atoms in total. The Hall–Kier alpha value is -1.43. The fraction of sp³-hybridized carbons (Fsp3) is 0.550. The van der Waals surface area contributed by atoms with Crippen LogP contribution < -0.4 is 4.74 Å². The normalized spacial score (nSPS) is 19.1. The number of nitrogens with zero attached hydrogens (tertiary/aromatic N) is 2. The van der Waals surface area contributed by atoms with Crippen LogP contribution in [0.15, 0.2) is 29.6 Å². The van der Waals surface area contributed by atoms with E-state index in [9.17, 15) is 0 Å². The van der Waals surface area contributed by atoms with Crippen molar-refractivity contribution in [2.24, 2.45) is 0 Å². The number of morpholine rings is 1. The molecule has 3 rings (SSSR count). The molecule has 1 saturated heterocycles.